The smallest absolute Gasteiger partial charge is 0.217 e. The second kappa shape index (κ2) is 7.58. The van der Waals surface area contributed by atoms with Gasteiger partial charge in [-0.15, -0.1) is 0 Å². The number of benzene rings is 1. The van der Waals surface area contributed by atoms with Crippen molar-refractivity contribution in [2.45, 2.75) is 50.8 Å². The van der Waals surface area contributed by atoms with E-state index in [0.717, 1.165) is 5.56 Å². The van der Waals surface area contributed by atoms with Gasteiger partial charge in [-0.3, -0.25) is 4.79 Å². The molecule has 2 aliphatic rings. The van der Waals surface area contributed by atoms with Crippen LogP contribution in [0, 0.1) is 0 Å². The highest BCUT2D eigenvalue weighted by molar-refractivity contribution is 5.73. The average molecular weight is 337 g/mol. The van der Waals surface area contributed by atoms with Gasteiger partial charge >= 0.3 is 0 Å². The van der Waals surface area contributed by atoms with E-state index in [0.29, 0.717) is 6.61 Å². The SMILES string of the molecule is CCO[C@H]1O[C@@H]2COC(c3ccccc3)O[C@H]2[C@H](O)[C@H]1NC(C)=O. The van der Waals surface area contributed by atoms with E-state index in [4.69, 9.17) is 18.9 Å². The molecule has 6 atom stereocenters. The number of rotatable bonds is 4. The van der Waals surface area contributed by atoms with Crippen LogP contribution in [0.5, 0.6) is 0 Å². The molecular weight excluding hydrogens is 314 g/mol. The van der Waals surface area contributed by atoms with E-state index in [9.17, 15) is 9.90 Å². The molecule has 0 aliphatic carbocycles. The number of carbonyl (C=O) groups is 1. The molecule has 7 nitrogen and oxygen atoms in total. The number of hydrogen-bond donors (Lipinski definition) is 2. The fraction of sp³-hybridized carbons (Fsp3) is 0.588. The first-order valence-corrected chi connectivity index (χ1v) is 8.14. The lowest BCUT2D eigenvalue weighted by Crippen LogP contribution is -2.66. The van der Waals surface area contributed by atoms with E-state index < -0.39 is 36.9 Å². The Bertz CT molecular complexity index is 553. The van der Waals surface area contributed by atoms with Crippen molar-refractivity contribution in [2.24, 2.45) is 0 Å². The van der Waals surface area contributed by atoms with E-state index in [-0.39, 0.29) is 12.5 Å². The molecule has 132 valence electrons. The number of hydrogen-bond acceptors (Lipinski definition) is 6. The summed E-state index contributed by atoms with van der Waals surface area (Å²) in [6.45, 7) is 3.89. The second-order valence-electron chi connectivity index (χ2n) is 5.89. The van der Waals surface area contributed by atoms with E-state index in [1.54, 1.807) is 0 Å². The first kappa shape index (κ1) is 17.3. The molecule has 2 heterocycles. The zero-order valence-electron chi connectivity index (χ0n) is 13.8. The Balaban J connectivity index is 1.76. The maximum absolute atomic E-state index is 11.5. The number of aliphatic hydroxyl groups excluding tert-OH is 1. The molecule has 2 fully saturated rings. The van der Waals surface area contributed by atoms with Gasteiger partial charge in [0, 0.05) is 19.1 Å². The molecule has 1 aromatic rings. The third kappa shape index (κ3) is 3.60. The van der Waals surface area contributed by atoms with Crippen LogP contribution < -0.4 is 5.32 Å². The summed E-state index contributed by atoms with van der Waals surface area (Å²) in [4.78, 5) is 11.5. The van der Waals surface area contributed by atoms with Crippen molar-refractivity contribution >= 4 is 5.91 Å². The Hall–Kier alpha value is -1.51. The normalized spacial score (nSPS) is 36.0. The molecule has 1 unspecified atom stereocenters. The third-order valence-electron chi connectivity index (χ3n) is 4.14. The fourth-order valence-electron chi connectivity index (χ4n) is 3.07. The van der Waals surface area contributed by atoms with Gasteiger partial charge in [-0.25, -0.2) is 0 Å². The molecule has 0 saturated carbocycles. The van der Waals surface area contributed by atoms with Crippen LogP contribution in [0.3, 0.4) is 0 Å². The number of fused-ring (bicyclic) bond motifs is 1. The highest BCUT2D eigenvalue weighted by Crippen LogP contribution is 2.34. The first-order valence-electron chi connectivity index (χ1n) is 8.14. The number of aliphatic hydroxyl groups is 1. The quantitative estimate of drug-likeness (QED) is 0.842. The average Bonchev–Trinajstić information content (AvgIpc) is 2.59. The minimum Gasteiger partial charge on any atom is -0.388 e. The van der Waals surface area contributed by atoms with Crippen LogP contribution in [0.4, 0.5) is 0 Å². The summed E-state index contributed by atoms with van der Waals surface area (Å²) >= 11 is 0. The Morgan fingerprint density at radius 1 is 1.33 bits per heavy atom. The zero-order valence-corrected chi connectivity index (χ0v) is 13.8. The van der Waals surface area contributed by atoms with E-state index in [1.807, 2.05) is 37.3 Å². The predicted octanol–water partition coefficient (Wildman–Crippen LogP) is 0.728. The Kier molecular flexibility index (Phi) is 5.47. The second-order valence-corrected chi connectivity index (χ2v) is 5.89. The Morgan fingerprint density at radius 2 is 2.08 bits per heavy atom. The van der Waals surface area contributed by atoms with Gasteiger partial charge in [-0.2, -0.15) is 0 Å². The van der Waals surface area contributed by atoms with E-state index in [1.165, 1.54) is 6.92 Å². The van der Waals surface area contributed by atoms with E-state index in [2.05, 4.69) is 5.32 Å². The van der Waals surface area contributed by atoms with Crippen molar-refractivity contribution in [3.8, 4) is 0 Å². The Labute approximate surface area is 140 Å². The van der Waals surface area contributed by atoms with Gasteiger partial charge in [0.05, 0.1) is 6.61 Å². The summed E-state index contributed by atoms with van der Waals surface area (Å²) < 4.78 is 23.0. The molecule has 1 aromatic carbocycles. The molecule has 0 spiro atoms. The van der Waals surface area contributed by atoms with Crippen molar-refractivity contribution in [3.05, 3.63) is 35.9 Å². The van der Waals surface area contributed by atoms with Gasteiger partial charge < -0.3 is 29.4 Å². The lowest BCUT2D eigenvalue weighted by molar-refractivity contribution is -0.343. The van der Waals surface area contributed by atoms with Crippen molar-refractivity contribution in [1.82, 2.24) is 5.32 Å². The molecule has 2 N–H and O–H groups in total. The van der Waals surface area contributed by atoms with Crippen LogP contribution in [0.25, 0.3) is 0 Å². The number of ether oxygens (including phenoxy) is 4. The highest BCUT2D eigenvalue weighted by atomic mass is 16.7. The first-order chi connectivity index (χ1) is 11.6. The largest absolute Gasteiger partial charge is 0.388 e. The van der Waals surface area contributed by atoms with Crippen LogP contribution in [0.2, 0.25) is 0 Å². The van der Waals surface area contributed by atoms with Crippen LogP contribution in [0.15, 0.2) is 30.3 Å². The molecular formula is C17H23NO6. The summed E-state index contributed by atoms with van der Waals surface area (Å²) in [7, 11) is 0. The lowest BCUT2D eigenvalue weighted by atomic mass is 9.95. The molecule has 2 aliphatic heterocycles. The third-order valence-corrected chi connectivity index (χ3v) is 4.14. The van der Waals surface area contributed by atoms with Crippen molar-refractivity contribution < 1.29 is 28.8 Å². The minimum absolute atomic E-state index is 0.266. The van der Waals surface area contributed by atoms with Gasteiger partial charge in [0.15, 0.2) is 12.6 Å². The van der Waals surface area contributed by atoms with Crippen LogP contribution in [-0.2, 0) is 23.7 Å². The van der Waals surface area contributed by atoms with Crippen LogP contribution in [-0.4, -0.2) is 54.9 Å². The van der Waals surface area contributed by atoms with E-state index >= 15 is 0 Å². The lowest BCUT2D eigenvalue weighted by Gasteiger charge is -2.47. The van der Waals surface area contributed by atoms with Crippen LogP contribution >= 0.6 is 0 Å². The monoisotopic (exact) mass is 337 g/mol. The van der Waals surface area contributed by atoms with Crippen LogP contribution in [0.1, 0.15) is 25.7 Å². The van der Waals surface area contributed by atoms with Crippen molar-refractivity contribution in [3.63, 3.8) is 0 Å². The maximum Gasteiger partial charge on any atom is 0.217 e. The maximum atomic E-state index is 11.5. The highest BCUT2D eigenvalue weighted by Gasteiger charge is 2.50. The zero-order chi connectivity index (χ0) is 17.1. The molecule has 0 aromatic heterocycles. The van der Waals surface area contributed by atoms with Gasteiger partial charge in [-0.05, 0) is 6.92 Å². The topological polar surface area (TPSA) is 86.2 Å². The molecule has 24 heavy (non-hydrogen) atoms. The van der Waals surface area contributed by atoms with Gasteiger partial charge in [0.25, 0.3) is 0 Å². The minimum atomic E-state index is -0.959. The summed E-state index contributed by atoms with van der Waals surface area (Å²) in [6, 6.07) is 8.80. The van der Waals surface area contributed by atoms with Gasteiger partial charge in [0.1, 0.15) is 24.4 Å². The summed E-state index contributed by atoms with van der Waals surface area (Å²) in [5.41, 5.74) is 0.867. The standard InChI is InChI=1S/C17H23NO6/c1-3-21-17-13(18-10(2)19)14(20)15-12(23-17)9-22-16(24-15)11-7-5-4-6-8-11/h4-8,12-17,20H,3,9H2,1-2H3,(H,18,19)/t12-,13-,14-,15-,16?,17+/m1/s1. The number of carbonyl (C=O) groups excluding carboxylic acids is 1. The number of amides is 1. The molecule has 0 radical (unpaired) electrons. The molecule has 2 saturated heterocycles. The van der Waals surface area contributed by atoms with Gasteiger partial charge in [0.2, 0.25) is 5.91 Å². The molecule has 7 heteroatoms. The summed E-state index contributed by atoms with van der Waals surface area (Å²) in [5, 5.41) is 13.4. The predicted molar refractivity (Wildman–Crippen MR) is 83.9 cm³/mol. The molecule has 3 rings (SSSR count). The number of nitrogens with one attached hydrogen (secondary N) is 1. The molecule has 0 bridgehead atoms. The van der Waals surface area contributed by atoms with Gasteiger partial charge in [-0.1, -0.05) is 30.3 Å². The Morgan fingerprint density at radius 3 is 2.75 bits per heavy atom. The van der Waals surface area contributed by atoms with Crippen molar-refractivity contribution in [1.29, 1.82) is 0 Å². The molecule has 1 amide bonds. The van der Waals surface area contributed by atoms with Crippen molar-refractivity contribution in [2.75, 3.05) is 13.2 Å². The summed E-state index contributed by atoms with van der Waals surface area (Å²) in [6.07, 6.45) is -3.35. The fourth-order valence-corrected chi connectivity index (χ4v) is 3.07. The summed E-state index contributed by atoms with van der Waals surface area (Å²) in [5.74, 6) is -0.266.